The van der Waals surface area contributed by atoms with E-state index in [1.54, 1.807) is 32.4 Å². The highest BCUT2D eigenvalue weighted by Gasteiger charge is 2.26. The summed E-state index contributed by atoms with van der Waals surface area (Å²) >= 11 is 0. The van der Waals surface area contributed by atoms with E-state index < -0.39 is 0 Å². The van der Waals surface area contributed by atoms with Crippen molar-refractivity contribution in [2.75, 3.05) is 14.2 Å². The van der Waals surface area contributed by atoms with Crippen molar-refractivity contribution in [3.63, 3.8) is 0 Å². The smallest absolute Gasteiger partial charge is 0.244 e. The lowest BCUT2D eigenvalue weighted by Crippen LogP contribution is -2.45. The zero-order valence-corrected chi connectivity index (χ0v) is 15.3. The Morgan fingerprint density at radius 3 is 2.00 bits per heavy atom. The van der Waals surface area contributed by atoms with E-state index >= 15 is 0 Å². The first-order chi connectivity index (χ1) is 10.5. The third-order valence-corrected chi connectivity index (χ3v) is 3.23. The molecule has 1 N–H and O–H groups in total. The van der Waals surface area contributed by atoms with Gasteiger partial charge in [-0.15, -0.1) is 0 Å². The van der Waals surface area contributed by atoms with Gasteiger partial charge in [0.2, 0.25) is 5.91 Å². The van der Waals surface area contributed by atoms with Crippen LogP contribution in [0.4, 0.5) is 0 Å². The van der Waals surface area contributed by atoms with Gasteiger partial charge in [0, 0.05) is 17.7 Å². The Bertz CT molecular complexity index is 546. The lowest BCUT2D eigenvalue weighted by atomic mass is 9.82. The summed E-state index contributed by atoms with van der Waals surface area (Å²) < 4.78 is 10.5. The van der Waals surface area contributed by atoms with Crippen molar-refractivity contribution in [2.45, 2.75) is 46.6 Å². The van der Waals surface area contributed by atoms with Gasteiger partial charge in [0.15, 0.2) is 0 Å². The first kappa shape index (κ1) is 19.1. The first-order valence-electron chi connectivity index (χ1n) is 7.78. The number of nitrogens with one attached hydrogen (secondary N) is 1. The molecular formula is C19H29NO3. The summed E-state index contributed by atoms with van der Waals surface area (Å²) in [6.45, 7) is 10.6. The second-order valence-corrected chi connectivity index (χ2v) is 7.59. The maximum absolute atomic E-state index is 12.2. The van der Waals surface area contributed by atoms with E-state index in [-0.39, 0.29) is 16.9 Å². The Labute approximate surface area is 139 Å². The van der Waals surface area contributed by atoms with Crippen LogP contribution < -0.4 is 14.8 Å². The highest BCUT2D eigenvalue weighted by Crippen LogP contribution is 2.27. The predicted octanol–water partition coefficient (Wildman–Crippen LogP) is 4.05. The number of benzene rings is 1. The fraction of sp³-hybridized carbons (Fsp3) is 0.526. The molecule has 0 atom stereocenters. The van der Waals surface area contributed by atoms with Crippen LogP contribution in [0.15, 0.2) is 24.3 Å². The van der Waals surface area contributed by atoms with E-state index in [0.717, 1.165) is 12.0 Å². The van der Waals surface area contributed by atoms with Crippen molar-refractivity contribution < 1.29 is 14.3 Å². The molecule has 128 valence electrons. The number of hydrogen-bond acceptors (Lipinski definition) is 3. The number of carbonyl (C=O) groups excluding carboxylic acids is 1. The third kappa shape index (κ3) is 7.22. The van der Waals surface area contributed by atoms with Crippen LogP contribution in [0.1, 0.15) is 46.6 Å². The minimum Gasteiger partial charge on any atom is -0.497 e. The summed E-state index contributed by atoms with van der Waals surface area (Å²) in [7, 11) is 3.20. The summed E-state index contributed by atoms with van der Waals surface area (Å²) in [6, 6.07) is 5.50. The fourth-order valence-electron chi connectivity index (χ4n) is 2.84. The van der Waals surface area contributed by atoms with Crippen molar-refractivity contribution in [3.8, 4) is 11.5 Å². The average Bonchev–Trinajstić information content (AvgIpc) is 2.41. The highest BCUT2D eigenvalue weighted by molar-refractivity contribution is 5.92. The van der Waals surface area contributed by atoms with Gasteiger partial charge in [0.05, 0.1) is 14.2 Å². The molecular weight excluding hydrogens is 290 g/mol. The molecule has 4 nitrogen and oxygen atoms in total. The lowest BCUT2D eigenvalue weighted by molar-refractivity contribution is -0.118. The normalized spacial score (nSPS) is 12.3. The zero-order chi connectivity index (χ0) is 17.7. The van der Waals surface area contributed by atoms with Crippen LogP contribution in [-0.2, 0) is 4.79 Å². The number of rotatable bonds is 6. The molecule has 23 heavy (non-hydrogen) atoms. The Morgan fingerprint density at radius 2 is 1.57 bits per heavy atom. The van der Waals surface area contributed by atoms with E-state index in [4.69, 9.17) is 9.47 Å². The van der Waals surface area contributed by atoms with E-state index in [2.05, 4.69) is 26.1 Å². The van der Waals surface area contributed by atoms with Crippen LogP contribution in [0, 0.1) is 5.41 Å². The monoisotopic (exact) mass is 319 g/mol. The molecule has 0 aliphatic heterocycles. The van der Waals surface area contributed by atoms with Crippen LogP contribution in [0.5, 0.6) is 11.5 Å². The standard InChI is InChI=1S/C19H29NO3/c1-18(2,3)13-19(4,5)20-17(21)9-8-14-10-15(22-6)12-16(11-14)23-7/h8-12H,13H2,1-7H3,(H,20,21)/b9-8+. The molecule has 0 spiro atoms. The third-order valence-electron chi connectivity index (χ3n) is 3.23. The minimum atomic E-state index is -0.258. The molecule has 0 saturated heterocycles. The molecule has 0 fully saturated rings. The molecule has 0 saturated carbocycles. The van der Waals surface area contributed by atoms with Crippen molar-refractivity contribution in [2.24, 2.45) is 5.41 Å². The van der Waals surface area contributed by atoms with Crippen LogP contribution in [0.2, 0.25) is 0 Å². The van der Waals surface area contributed by atoms with Gasteiger partial charge in [-0.05, 0) is 49.5 Å². The maximum Gasteiger partial charge on any atom is 0.244 e. The van der Waals surface area contributed by atoms with Gasteiger partial charge >= 0.3 is 0 Å². The molecule has 1 aromatic carbocycles. The van der Waals surface area contributed by atoms with Gasteiger partial charge in [-0.2, -0.15) is 0 Å². The number of ether oxygens (including phenoxy) is 2. The van der Waals surface area contributed by atoms with Crippen molar-refractivity contribution in [1.29, 1.82) is 0 Å². The Kier molecular flexibility index (Phi) is 6.25. The zero-order valence-electron chi connectivity index (χ0n) is 15.3. The Hall–Kier alpha value is -1.97. The first-order valence-corrected chi connectivity index (χ1v) is 7.78. The van der Waals surface area contributed by atoms with Crippen LogP contribution in [0.25, 0.3) is 6.08 Å². The van der Waals surface area contributed by atoms with Crippen LogP contribution >= 0.6 is 0 Å². The predicted molar refractivity (Wildman–Crippen MR) is 94.9 cm³/mol. The summed E-state index contributed by atoms with van der Waals surface area (Å²) in [5.41, 5.74) is 0.747. The quantitative estimate of drug-likeness (QED) is 0.805. The van der Waals surface area contributed by atoms with Gasteiger partial charge < -0.3 is 14.8 Å². The Balaban J connectivity index is 2.79. The number of carbonyl (C=O) groups is 1. The van der Waals surface area contributed by atoms with Crippen molar-refractivity contribution in [1.82, 2.24) is 5.32 Å². The summed E-state index contributed by atoms with van der Waals surface area (Å²) in [6.07, 6.45) is 4.19. The second-order valence-electron chi connectivity index (χ2n) is 7.59. The summed E-state index contributed by atoms with van der Waals surface area (Å²) in [5, 5.41) is 3.05. The van der Waals surface area contributed by atoms with Gasteiger partial charge in [-0.1, -0.05) is 20.8 Å². The minimum absolute atomic E-state index is 0.110. The second kappa shape index (κ2) is 7.53. The Morgan fingerprint density at radius 1 is 1.04 bits per heavy atom. The van der Waals surface area contributed by atoms with Crippen LogP contribution in [0.3, 0.4) is 0 Å². The van der Waals surface area contributed by atoms with Crippen molar-refractivity contribution >= 4 is 12.0 Å². The van der Waals surface area contributed by atoms with Crippen molar-refractivity contribution in [3.05, 3.63) is 29.8 Å². The molecule has 1 rings (SSSR count). The number of hydrogen-bond donors (Lipinski definition) is 1. The summed E-state index contributed by atoms with van der Waals surface area (Å²) in [4.78, 5) is 12.2. The van der Waals surface area contributed by atoms with E-state index in [0.29, 0.717) is 11.5 Å². The van der Waals surface area contributed by atoms with E-state index in [1.807, 2.05) is 26.0 Å². The largest absolute Gasteiger partial charge is 0.497 e. The molecule has 0 aliphatic rings. The van der Waals surface area contributed by atoms with E-state index in [1.165, 1.54) is 0 Å². The lowest BCUT2D eigenvalue weighted by Gasteiger charge is -2.32. The molecule has 0 heterocycles. The maximum atomic E-state index is 12.2. The molecule has 0 radical (unpaired) electrons. The SMILES string of the molecule is COc1cc(/C=C/C(=O)NC(C)(C)CC(C)(C)C)cc(OC)c1. The topological polar surface area (TPSA) is 47.6 Å². The van der Waals surface area contributed by atoms with Gasteiger partial charge in [0.1, 0.15) is 11.5 Å². The van der Waals surface area contributed by atoms with Gasteiger partial charge in [-0.3, -0.25) is 4.79 Å². The molecule has 0 unspecified atom stereocenters. The highest BCUT2D eigenvalue weighted by atomic mass is 16.5. The summed E-state index contributed by atoms with van der Waals surface area (Å²) in [5.74, 6) is 1.27. The fourth-order valence-corrected chi connectivity index (χ4v) is 2.84. The molecule has 0 aromatic heterocycles. The van der Waals surface area contributed by atoms with E-state index in [9.17, 15) is 4.79 Å². The average molecular weight is 319 g/mol. The van der Waals surface area contributed by atoms with Crippen LogP contribution in [-0.4, -0.2) is 25.7 Å². The van der Waals surface area contributed by atoms with Gasteiger partial charge in [-0.25, -0.2) is 0 Å². The molecule has 4 heteroatoms. The molecule has 1 aromatic rings. The van der Waals surface area contributed by atoms with Gasteiger partial charge in [0.25, 0.3) is 0 Å². The molecule has 0 bridgehead atoms. The molecule has 1 amide bonds. The number of amides is 1. The number of methoxy groups -OCH3 is 2. The molecule has 0 aliphatic carbocycles.